The van der Waals surface area contributed by atoms with E-state index in [2.05, 4.69) is 0 Å². The molecule has 0 amide bonds. The summed E-state index contributed by atoms with van der Waals surface area (Å²) in [6.07, 6.45) is 0. The lowest BCUT2D eigenvalue weighted by Gasteiger charge is -2.13. The Bertz CT molecular complexity index is 564. The lowest BCUT2D eigenvalue weighted by Crippen LogP contribution is -1.94. The smallest absolute Gasteiger partial charge is 0.134 e. The van der Waals surface area contributed by atoms with Crippen molar-refractivity contribution in [1.29, 1.82) is 0 Å². The van der Waals surface area contributed by atoms with Gasteiger partial charge in [0.1, 0.15) is 11.5 Å². The Morgan fingerprint density at radius 1 is 1.11 bits per heavy atom. The summed E-state index contributed by atoms with van der Waals surface area (Å²) >= 11 is 6.03. The molecule has 0 bridgehead atoms. The molecule has 0 saturated heterocycles. The lowest BCUT2D eigenvalue weighted by molar-refractivity contribution is 0.276. The van der Waals surface area contributed by atoms with Crippen LogP contribution in [0.2, 0.25) is 5.02 Å². The molecular formula is C15H15ClO2. The minimum Gasteiger partial charge on any atom is -0.457 e. The molecule has 0 heterocycles. The molecule has 94 valence electrons. The summed E-state index contributed by atoms with van der Waals surface area (Å²) in [5, 5.41) is 9.85. The number of aliphatic hydroxyl groups excluding tert-OH is 1. The summed E-state index contributed by atoms with van der Waals surface area (Å²) in [6.45, 7) is 3.86. The van der Waals surface area contributed by atoms with E-state index in [1.54, 1.807) is 12.1 Å². The Balaban J connectivity index is 2.40. The number of aryl methyl sites for hydroxylation is 2. The van der Waals surface area contributed by atoms with Crippen molar-refractivity contribution in [2.45, 2.75) is 20.5 Å². The number of benzene rings is 2. The number of ether oxygens (including phenoxy) is 1. The lowest BCUT2D eigenvalue weighted by atomic mass is 10.1. The first-order chi connectivity index (χ1) is 8.61. The second-order valence-electron chi connectivity index (χ2n) is 4.25. The maximum Gasteiger partial charge on any atom is 0.134 e. The van der Waals surface area contributed by atoms with Gasteiger partial charge < -0.3 is 9.84 Å². The molecule has 0 aliphatic rings. The molecular weight excluding hydrogens is 248 g/mol. The van der Waals surface area contributed by atoms with Gasteiger partial charge in [-0.25, -0.2) is 0 Å². The summed E-state index contributed by atoms with van der Waals surface area (Å²) < 4.78 is 5.85. The standard InChI is InChI=1S/C15H15ClO2/c1-10-6-7-11(2)15(8-10)18-14-5-3-4-13(16)12(14)9-17/h3-8,17H,9H2,1-2H3. The Morgan fingerprint density at radius 2 is 1.89 bits per heavy atom. The number of hydrogen-bond donors (Lipinski definition) is 1. The fourth-order valence-corrected chi connectivity index (χ4v) is 1.95. The second kappa shape index (κ2) is 5.42. The third kappa shape index (κ3) is 2.66. The van der Waals surface area contributed by atoms with Crippen LogP contribution in [-0.2, 0) is 6.61 Å². The van der Waals surface area contributed by atoms with E-state index < -0.39 is 0 Å². The predicted octanol–water partition coefficient (Wildman–Crippen LogP) is 4.24. The summed E-state index contributed by atoms with van der Waals surface area (Å²) in [6, 6.07) is 11.4. The Kier molecular flexibility index (Phi) is 3.90. The van der Waals surface area contributed by atoms with Gasteiger partial charge in [0.15, 0.2) is 0 Å². The van der Waals surface area contributed by atoms with E-state index in [1.807, 2.05) is 38.1 Å². The van der Waals surface area contributed by atoms with Crippen molar-refractivity contribution in [1.82, 2.24) is 0 Å². The minimum absolute atomic E-state index is 0.139. The first kappa shape index (κ1) is 12.9. The van der Waals surface area contributed by atoms with Crippen molar-refractivity contribution >= 4 is 11.6 Å². The van der Waals surface area contributed by atoms with E-state index in [1.165, 1.54) is 0 Å². The van der Waals surface area contributed by atoms with Gasteiger partial charge in [0.2, 0.25) is 0 Å². The van der Waals surface area contributed by atoms with Crippen LogP contribution >= 0.6 is 11.6 Å². The molecule has 0 unspecified atom stereocenters. The zero-order valence-electron chi connectivity index (χ0n) is 10.4. The highest BCUT2D eigenvalue weighted by molar-refractivity contribution is 6.31. The first-order valence-electron chi connectivity index (χ1n) is 5.75. The number of aliphatic hydroxyl groups is 1. The fraction of sp³-hybridized carbons (Fsp3) is 0.200. The second-order valence-corrected chi connectivity index (χ2v) is 4.65. The monoisotopic (exact) mass is 262 g/mol. The molecule has 0 aromatic heterocycles. The van der Waals surface area contributed by atoms with Crippen LogP contribution in [0.4, 0.5) is 0 Å². The maximum absolute atomic E-state index is 9.34. The van der Waals surface area contributed by atoms with Crippen molar-refractivity contribution < 1.29 is 9.84 Å². The molecule has 1 N–H and O–H groups in total. The van der Waals surface area contributed by atoms with E-state index in [9.17, 15) is 5.11 Å². The topological polar surface area (TPSA) is 29.5 Å². The number of halogens is 1. The minimum atomic E-state index is -0.139. The number of rotatable bonds is 3. The molecule has 0 atom stereocenters. The van der Waals surface area contributed by atoms with Crippen LogP contribution in [0.1, 0.15) is 16.7 Å². The van der Waals surface area contributed by atoms with Gasteiger partial charge in [0.25, 0.3) is 0 Å². The Labute approximate surface area is 112 Å². The SMILES string of the molecule is Cc1ccc(C)c(Oc2cccc(Cl)c2CO)c1. The highest BCUT2D eigenvalue weighted by Gasteiger charge is 2.09. The van der Waals surface area contributed by atoms with Gasteiger partial charge >= 0.3 is 0 Å². The van der Waals surface area contributed by atoms with Crippen LogP contribution < -0.4 is 4.74 Å². The normalized spacial score (nSPS) is 10.4. The van der Waals surface area contributed by atoms with E-state index in [-0.39, 0.29) is 6.61 Å². The summed E-state index contributed by atoms with van der Waals surface area (Å²) in [5.41, 5.74) is 2.78. The molecule has 18 heavy (non-hydrogen) atoms. The molecule has 0 aliphatic carbocycles. The molecule has 0 radical (unpaired) electrons. The van der Waals surface area contributed by atoms with Crippen molar-refractivity contribution in [2.24, 2.45) is 0 Å². The van der Waals surface area contributed by atoms with Crippen LogP contribution in [0.5, 0.6) is 11.5 Å². The average Bonchev–Trinajstić information content (AvgIpc) is 2.34. The molecule has 2 aromatic carbocycles. The molecule has 3 heteroatoms. The zero-order chi connectivity index (χ0) is 13.1. The largest absolute Gasteiger partial charge is 0.457 e. The van der Waals surface area contributed by atoms with Crippen molar-refractivity contribution in [3.8, 4) is 11.5 Å². The zero-order valence-corrected chi connectivity index (χ0v) is 11.2. The van der Waals surface area contributed by atoms with Crippen LogP contribution in [-0.4, -0.2) is 5.11 Å². The van der Waals surface area contributed by atoms with Gasteiger partial charge in [-0.2, -0.15) is 0 Å². The Morgan fingerprint density at radius 3 is 2.61 bits per heavy atom. The predicted molar refractivity (Wildman–Crippen MR) is 73.4 cm³/mol. The molecule has 2 rings (SSSR count). The van der Waals surface area contributed by atoms with Crippen LogP contribution in [0.25, 0.3) is 0 Å². The highest BCUT2D eigenvalue weighted by atomic mass is 35.5. The highest BCUT2D eigenvalue weighted by Crippen LogP contribution is 2.32. The molecule has 0 spiro atoms. The first-order valence-corrected chi connectivity index (χ1v) is 6.13. The van der Waals surface area contributed by atoms with E-state index in [0.29, 0.717) is 16.3 Å². The van der Waals surface area contributed by atoms with Crippen molar-refractivity contribution in [2.75, 3.05) is 0 Å². The fourth-order valence-electron chi connectivity index (χ4n) is 1.72. The van der Waals surface area contributed by atoms with Crippen LogP contribution in [0.3, 0.4) is 0 Å². The van der Waals surface area contributed by atoms with Gasteiger partial charge in [0, 0.05) is 10.6 Å². The van der Waals surface area contributed by atoms with Gasteiger partial charge in [-0.3, -0.25) is 0 Å². The molecule has 0 fully saturated rings. The molecule has 0 aliphatic heterocycles. The van der Waals surface area contributed by atoms with Crippen molar-refractivity contribution in [3.05, 3.63) is 58.1 Å². The van der Waals surface area contributed by atoms with E-state index in [4.69, 9.17) is 16.3 Å². The Hall–Kier alpha value is -1.51. The van der Waals surface area contributed by atoms with Crippen LogP contribution in [0.15, 0.2) is 36.4 Å². The van der Waals surface area contributed by atoms with Gasteiger partial charge in [-0.1, -0.05) is 29.8 Å². The quantitative estimate of drug-likeness (QED) is 0.896. The maximum atomic E-state index is 9.34. The van der Waals surface area contributed by atoms with Gasteiger partial charge in [-0.05, 0) is 43.2 Å². The average molecular weight is 263 g/mol. The van der Waals surface area contributed by atoms with E-state index in [0.717, 1.165) is 16.9 Å². The molecule has 2 nitrogen and oxygen atoms in total. The number of hydrogen-bond acceptors (Lipinski definition) is 2. The van der Waals surface area contributed by atoms with Gasteiger partial charge in [-0.15, -0.1) is 0 Å². The third-order valence-corrected chi connectivity index (χ3v) is 3.15. The molecule has 2 aromatic rings. The van der Waals surface area contributed by atoms with E-state index >= 15 is 0 Å². The van der Waals surface area contributed by atoms with Crippen LogP contribution in [0, 0.1) is 13.8 Å². The third-order valence-electron chi connectivity index (χ3n) is 2.80. The van der Waals surface area contributed by atoms with Crippen molar-refractivity contribution in [3.63, 3.8) is 0 Å². The molecule has 0 saturated carbocycles. The summed E-state index contributed by atoms with van der Waals surface area (Å²) in [4.78, 5) is 0. The summed E-state index contributed by atoms with van der Waals surface area (Å²) in [7, 11) is 0. The van der Waals surface area contributed by atoms with Gasteiger partial charge in [0.05, 0.1) is 6.61 Å². The summed E-state index contributed by atoms with van der Waals surface area (Å²) in [5.74, 6) is 1.38.